The lowest BCUT2D eigenvalue weighted by Crippen LogP contribution is -2.25. The van der Waals surface area contributed by atoms with Gasteiger partial charge in [-0.25, -0.2) is 5.43 Å². The van der Waals surface area contributed by atoms with E-state index >= 15 is 0 Å². The lowest BCUT2D eigenvalue weighted by atomic mass is 10.2. The fraction of sp³-hybridized carbons (Fsp3) is 0.125. The van der Waals surface area contributed by atoms with Crippen molar-refractivity contribution in [3.8, 4) is 0 Å². The Hall–Kier alpha value is -3.22. The van der Waals surface area contributed by atoms with Crippen LogP contribution in [-0.2, 0) is 9.59 Å². The molecule has 0 radical (unpaired) electrons. The van der Waals surface area contributed by atoms with E-state index in [9.17, 15) is 9.59 Å². The highest BCUT2D eigenvalue weighted by Crippen LogP contribution is 2.14. The van der Waals surface area contributed by atoms with Gasteiger partial charge in [0.05, 0.1) is 12.8 Å². The third-order valence-electron chi connectivity index (χ3n) is 2.74. The summed E-state index contributed by atoms with van der Waals surface area (Å²) in [5.74, 6) is -0.425. The van der Waals surface area contributed by atoms with Crippen LogP contribution in [0.3, 0.4) is 0 Å². The second-order valence-corrected chi connectivity index (χ2v) is 4.69. The first-order valence-electron chi connectivity index (χ1n) is 6.97. The van der Waals surface area contributed by atoms with E-state index in [1.54, 1.807) is 48.8 Å². The van der Waals surface area contributed by atoms with Crippen LogP contribution in [0.15, 0.2) is 53.9 Å². The van der Waals surface area contributed by atoms with Crippen molar-refractivity contribution in [2.24, 2.45) is 5.10 Å². The highest BCUT2D eigenvalue weighted by atomic mass is 16.2. The van der Waals surface area contributed by atoms with Gasteiger partial charge in [-0.15, -0.1) is 0 Å². The van der Waals surface area contributed by atoms with Crippen LogP contribution in [0, 0.1) is 0 Å². The van der Waals surface area contributed by atoms with E-state index in [0.29, 0.717) is 5.69 Å². The molecule has 118 valence electrons. The molecule has 0 saturated carbocycles. The lowest BCUT2D eigenvalue weighted by Gasteiger charge is -2.07. The van der Waals surface area contributed by atoms with Gasteiger partial charge in [-0.1, -0.05) is 6.07 Å². The smallest absolute Gasteiger partial charge is 0.259 e. The molecule has 0 saturated heterocycles. The fourth-order valence-corrected chi connectivity index (χ4v) is 1.76. The van der Waals surface area contributed by atoms with Crippen molar-refractivity contribution in [3.63, 3.8) is 0 Å². The molecule has 3 N–H and O–H groups in total. The molecular formula is C16H17N5O2. The Morgan fingerprint density at radius 2 is 1.91 bits per heavy atom. The van der Waals surface area contributed by atoms with Gasteiger partial charge < -0.3 is 10.6 Å². The van der Waals surface area contributed by atoms with Crippen molar-refractivity contribution in [3.05, 3.63) is 54.4 Å². The molecule has 0 atom stereocenters. The summed E-state index contributed by atoms with van der Waals surface area (Å²) < 4.78 is 0. The number of carbonyl (C=O) groups is 2. The molecule has 1 heterocycles. The molecular weight excluding hydrogens is 294 g/mol. The molecule has 0 aliphatic carbocycles. The van der Waals surface area contributed by atoms with Crippen LogP contribution < -0.4 is 16.1 Å². The zero-order chi connectivity index (χ0) is 16.5. The molecule has 7 nitrogen and oxygen atoms in total. The number of amides is 2. The lowest BCUT2D eigenvalue weighted by molar-refractivity contribution is -0.119. The molecule has 0 aliphatic heterocycles. The van der Waals surface area contributed by atoms with E-state index < -0.39 is 0 Å². The Kier molecular flexibility index (Phi) is 5.81. The summed E-state index contributed by atoms with van der Waals surface area (Å²) in [6.45, 7) is 1.51. The van der Waals surface area contributed by atoms with Gasteiger partial charge in [0, 0.05) is 30.7 Å². The van der Waals surface area contributed by atoms with E-state index in [0.717, 1.165) is 11.3 Å². The van der Waals surface area contributed by atoms with Crippen LogP contribution in [0.5, 0.6) is 0 Å². The molecule has 2 amide bonds. The normalized spacial score (nSPS) is 10.3. The van der Waals surface area contributed by atoms with Crippen molar-refractivity contribution < 1.29 is 9.59 Å². The highest BCUT2D eigenvalue weighted by Gasteiger charge is 2.01. The van der Waals surface area contributed by atoms with Crippen LogP contribution in [0.4, 0.5) is 11.4 Å². The van der Waals surface area contributed by atoms with E-state index in [1.165, 1.54) is 13.1 Å². The number of hydrogen-bond acceptors (Lipinski definition) is 5. The fourth-order valence-electron chi connectivity index (χ4n) is 1.76. The molecule has 1 aromatic heterocycles. The molecule has 0 spiro atoms. The second kappa shape index (κ2) is 8.28. The van der Waals surface area contributed by atoms with Gasteiger partial charge >= 0.3 is 0 Å². The van der Waals surface area contributed by atoms with Crippen molar-refractivity contribution in [2.45, 2.75) is 6.92 Å². The Bertz CT molecular complexity index is 701. The number of rotatable bonds is 6. The van der Waals surface area contributed by atoms with Gasteiger partial charge in [-0.3, -0.25) is 14.6 Å². The van der Waals surface area contributed by atoms with Gasteiger partial charge in [-0.05, 0) is 35.9 Å². The molecule has 7 heteroatoms. The minimum atomic E-state index is -0.278. The number of nitrogens with one attached hydrogen (secondary N) is 3. The summed E-state index contributed by atoms with van der Waals surface area (Å²) in [5.41, 5.74) is 4.66. The second-order valence-electron chi connectivity index (χ2n) is 4.69. The first-order valence-corrected chi connectivity index (χ1v) is 6.97. The number of hydrazone groups is 1. The predicted molar refractivity (Wildman–Crippen MR) is 89.2 cm³/mol. The summed E-state index contributed by atoms with van der Waals surface area (Å²) in [7, 11) is 0. The van der Waals surface area contributed by atoms with Crippen LogP contribution in [0.25, 0.3) is 0 Å². The summed E-state index contributed by atoms with van der Waals surface area (Å²) >= 11 is 0. The molecule has 2 rings (SSSR count). The number of aromatic nitrogens is 1. The van der Waals surface area contributed by atoms with Gasteiger partial charge in [0.2, 0.25) is 5.91 Å². The number of hydrogen-bond donors (Lipinski definition) is 3. The van der Waals surface area contributed by atoms with E-state index in [4.69, 9.17) is 0 Å². The van der Waals surface area contributed by atoms with E-state index in [1.807, 2.05) is 0 Å². The van der Waals surface area contributed by atoms with Crippen LogP contribution >= 0.6 is 0 Å². The molecule has 2 aromatic rings. The van der Waals surface area contributed by atoms with Gasteiger partial charge in [0.15, 0.2) is 0 Å². The quantitative estimate of drug-likeness (QED) is 0.558. The molecule has 0 unspecified atom stereocenters. The Balaban J connectivity index is 1.80. The minimum absolute atomic E-state index is 0.0667. The Morgan fingerprint density at radius 3 is 2.65 bits per heavy atom. The van der Waals surface area contributed by atoms with Crippen LogP contribution in [0.1, 0.15) is 12.5 Å². The topological polar surface area (TPSA) is 95.5 Å². The van der Waals surface area contributed by atoms with Gasteiger partial charge in [-0.2, -0.15) is 5.10 Å². The zero-order valence-corrected chi connectivity index (χ0v) is 12.6. The third kappa shape index (κ3) is 5.96. The Labute approximate surface area is 133 Å². The first-order chi connectivity index (χ1) is 11.1. The summed E-state index contributed by atoms with van der Waals surface area (Å²) in [4.78, 5) is 26.6. The average Bonchev–Trinajstić information content (AvgIpc) is 2.54. The number of pyridine rings is 1. The van der Waals surface area contributed by atoms with Gasteiger partial charge in [0.25, 0.3) is 5.91 Å². The number of nitrogens with zero attached hydrogens (tertiary/aromatic N) is 2. The predicted octanol–water partition coefficient (Wildman–Crippen LogP) is 1.60. The van der Waals surface area contributed by atoms with Crippen molar-refractivity contribution >= 4 is 29.4 Å². The van der Waals surface area contributed by atoms with Crippen LogP contribution in [0.2, 0.25) is 0 Å². The highest BCUT2D eigenvalue weighted by molar-refractivity contribution is 5.89. The summed E-state index contributed by atoms with van der Waals surface area (Å²) in [6, 6.07) is 10.7. The van der Waals surface area contributed by atoms with Gasteiger partial charge in [0.1, 0.15) is 0 Å². The first kappa shape index (κ1) is 16.2. The number of carbonyl (C=O) groups excluding carboxylic acids is 2. The summed E-state index contributed by atoms with van der Waals surface area (Å²) in [5, 5.41) is 9.50. The maximum absolute atomic E-state index is 11.7. The summed E-state index contributed by atoms with van der Waals surface area (Å²) in [6.07, 6.45) is 4.83. The molecule has 0 fully saturated rings. The van der Waals surface area contributed by atoms with Crippen LogP contribution in [-0.4, -0.2) is 29.6 Å². The maximum Gasteiger partial charge on any atom is 0.259 e. The van der Waals surface area contributed by atoms with Crippen molar-refractivity contribution in [1.29, 1.82) is 0 Å². The zero-order valence-electron chi connectivity index (χ0n) is 12.6. The van der Waals surface area contributed by atoms with Crippen molar-refractivity contribution in [2.75, 3.05) is 17.2 Å². The molecule has 23 heavy (non-hydrogen) atoms. The average molecular weight is 311 g/mol. The molecule has 0 aliphatic rings. The number of benzene rings is 1. The third-order valence-corrected chi connectivity index (χ3v) is 2.74. The molecule has 0 bridgehead atoms. The van der Waals surface area contributed by atoms with E-state index in [2.05, 4.69) is 26.1 Å². The molecule has 1 aromatic carbocycles. The number of anilines is 2. The standard InChI is InChI=1S/C16H17N5O2/c1-12(22)20-15-4-2-3-14(9-15)18-11-16(23)21-19-10-13-5-7-17-8-6-13/h2-10,18H,11H2,1H3,(H,20,22)(H,21,23)/b19-10+. The monoisotopic (exact) mass is 311 g/mol. The van der Waals surface area contributed by atoms with Crippen molar-refractivity contribution in [1.82, 2.24) is 10.4 Å². The Morgan fingerprint density at radius 1 is 1.17 bits per heavy atom. The van der Waals surface area contributed by atoms with E-state index in [-0.39, 0.29) is 18.4 Å². The SMILES string of the molecule is CC(=O)Nc1cccc(NCC(=O)N/N=C/c2ccncc2)c1. The minimum Gasteiger partial charge on any atom is -0.376 e. The maximum atomic E-state index is 11.7. The largest absolute Gasteiger partial charge is 0.376 e.